The summed E-state index contributed by atoms with van der Waals surface area (Å²) in [6.07, 6.45) is -0.256. The van der Waals surface area contributed by atoms with Crippen LogP contribution in [0.25, 0.3) is 0 Å². The van der Waals surface area contributed by atoms with Crippen LogP contribution >= 0.6 is 21.6 Å². The molecular weight excluding hydrogens is 423 g/mol. The summed E-state index contributed by atoms with van der Waals surface area (Å²) in [5, 5.41) is 18.6. The maximum Gasteiger partial charge on any atom is 0.490 e. The number of carbonyl (C=O) groups is 3. The molecule has 0 aromatic rings. The van der Waals surface area contributed by atoms with Crippen LogP contribution in [-0.4, -0.2) is 65.5 Å². The Morgan fingerprint density at radius 1 is 1.18 bits per heavy atom. The third kappa shape index (κ3) is 7.70. The van der Waals surface area contributed by atoms with Gasteiger partial charge in [0.25, 0.3) is 0 Å². The maximum absolute atomic E-state index is 12.0. The smallest absolute Gasteiger partial charge is 0.481 e. The van der Waals surface area contributed by atoms with E-state index in [1.54, 1.807) is 28.7 Å². The van der Waals surface area contributed by atoms with Crippen LogP contribution in [0.15, 0.2) is 0 Å². The average molecular weight is 447 g/mol. The predicted octanol–water partition coefficient (Wildman–Crippen LogP) is 2.80. The van der Waals surface area contributed by atoms with Gasteiger partial charge in [0.05, 0.1) is 12.5 Å². The van der Waals surface area contributed by atoms with Crippen LogP contribution in [0.3, 0.4) is 0 Å². The predicted molar refractivity (Wildman–Crippen MR) is 99.1 cm³/mol. The van der Waals surface area contributed by atoms with Crippen molar-refractivity contribution in [2.24, 2.45) is 11.3 Å². The average Bonchev–Trinajstić information content (AvgIpc) is 2.51. The molecule has 1 amide bonds. The third-order valence-electron chi connectivity index (χ3n) is 4.76. The van der Waals surface area contributed by atoms with Gasteiger partial charge in [-0.05, 0) is 31.1 Å². The summed E-state index contributed by atoms with van der Waals surface area (Å²) >= 11 is 0. The molecule has 1 atom stereocenters. The van der Waals surface area contributed by atoms with Crippen LogP contribution in [0, 0.1) is 11.3 Å². The molecule has 12 heteroatoms. The van der Waals surface area contributed by atoms with Gasteiger partial charge in [-0.1, -0.05) is 21.6 Å². The molecule has 0 aromatic carbocycles. The van der Waals surface area contributed by atoms with Crippen LogP contribution in [-0.2, 0) is 19.1 Å². The van der Waals surface area contributed by atoms with E-state index in [0.29, 0.717) is 23.8 Å². The monoisotopic (exact) mass is 447 g/mol. The van der Waals surface area contributed by atoms with Gasteiger partial charge in [-0.3, -0.25) is 9.59 Å². The van der Waals surface area contributed by atoms with Gasteiger partial charge in [-0.15, -0.1) is 0 Å². The molecule has 1 unspecified atom stereocenters. The van der Waals surface area contributed by atoms with E-state index in [0.717, 1.165) is 25.0 Å². The lowest BCUT2D eigenvalue weighted by molar-refractivity contribution is -0.192. The summed E-state index contributed by atoms with van der Waals surface area (Å²) in [6, 6.07) is 0. The number of ether oxygens (including phenoxy) is 1. The number of aliphatic carboxylic acids is 2. The number of amides is 1. The highest BCUT2D eigenvalue weighted by molar-refractivity contribution is 8.76. The van der Waals surface area contributed by atoms with Gasteiger partial charge in [-0.2, -0.15) is 13.2 Å². The molecule has 162 valence electrons. The fourth-order valence-corrected chi connectivity index (χ4v) is 5.11. The molecule has 0 heterocycles. The first kappa shape index (κ1) is 24.9. The summed E-state index contributed by atoms with van der Waals surface area (Å²) in [5.74, 6) is -1.77. The number of rotatable bonds is 9. The molecule has 2 rings (SSSR count). The normalized spacial score (nSPS) is 25.7. The van der Waals surface area contributed by atoms with E-state index in [9.17, 15) is 22.8 Å². The first-order valence-corrected chi connectivity index (χ1v) is 11.1. The van der Waals surface area contributed by atoms with Gasteiger partial charge in [0.2, 0.25) is 5.91 Å². The van der Waals surface area contributed by atoms with Gasteiger partial charge < -0.3 is 20.3 Å². The van der Waals surface area contributed by atoms with Crippen LogP contribution in [0.5, 0.6) is 0 Å². The van der Waals surface area contributed by atoms with Crippen molar-refractivity contribution in [3.63, 3.8) is 0 Å². The van der Waals surface area contributed by atoms with Crippen molar-refractivity contribution in [2.45, 2.75) is 44.4 Å². The molecule has 2 saturated carbocycles. The minimum Gasteiger partial charge on any atom is -0.481 e. The molecule has 0 aliphatic heterocycles. The lowest BCUT2D eigenvalue weighted by Crippen LogP contribution is -2.57. The minimum absolute atomic E-state index is 0.160. The standard InChI is InChI=1S/C14H23NO4S2.C2HF3O2/c1-19-11-2-4-14(11)8-10(9-14)13(18)15-5-7-21-20-6-3-12(16)17;3-2(4,5)1(6)7/h10-11H,2-9H2,1H3,(H,15,18)(H,16,17);(H,6,7). The van der Waals surface area contributed by atoms with E-state index < -0.39 is 18.1 Å². The number of halogens is 3. The Kier molecular flexibility index (Phi) is 9.91. The Bertz CT molecular complexity index is 553. The SMILES string of the molecule is COC1CCC12CC(C(=O)NCCSSCCC(=O)O)C2.O=C(O)C(F)(F)F. The molecule has 2 aliphatic carbocycles. The van der Waals surface area contributed by atoms with Crippen LogP contribution in [0.2, 0.25) is 0 Å². The second kappa shape index (κ2) is 11.1. The molecule has 1 spiro atoms. The Hall–Kier alpha value is -1.14. The number of carbonyl (C=O) groups excluding carboxylic acids is 1. The summed E-state index contributed by atoms with van der Waals surface area (Å²) in [4.78, 5) is 31.2. The van der Waals surface area contributed by atoms with Crippen molar-refractivity contribution in [3.05, 3.63) is 0 Å². The topological polar surface area (TPSA) is 113 Å². The van der Waals surface area contributed by atoms with Crippen LogP contribution in [0.4, 0.5) is 13.2 Å². The third-order valence-corrected chi connectivity index (χ3v) is 7.17. The van der Waals surface area contributed by atoms with E-state index in [4.69, 9.17) is 19.7 Å². The number of methoxy groups -OCH3 is 1. The Morgan fingerprint density at radius 2 is 1.75 bits per heavy atom. The van der Waals surface area contributed by atoms with Crippen molar-refractivity contribution < 1.29 is 42.5 Å². The molecule has 28 heavy (non-hydrogen) atoms. The first-order chi connectivity index (χ1) is 13.0. The van der Waals surface area contributed by atoms with Crippen LogP contribution in [0.1, 0.15) is 32.1 Å². The second-order valence-corrected chi connectivity index (χ2v) is 9.31. The van der Waals surface area contributed by atoms with Crippen molar-refractivity contribution in [1.82, 2.24) is 5.32 Å². The number of alkyl halides is 3. The Morgan fingerprint density at radius 3 is 2.18 bits per heavy atom. The van der Waals surface area contributed by atoms with Crippen molar-refractivity contribution >= 4 is 39.4 Å². The Labute approximate surface area is 168 Å². The van der Waals surface area contributed by atoms with Crippen molar-refractivity contribution in [1.29, 1.82) is 0 Å². The van der Waals surface area contributed by atoms with E-state index in [-0.39, 0.29) is 18.2 Å². The molecule has 2 fully saturated rings. The summed E-state index contributed by atoms with van der Waals surface area (Å²) in [5.41, 5.74) is 0.304. The van der Waals surface area contributed by atoms with Gasteiger partial charge in [0.15, 0.2) is 0 Å². The lowest BCUT2D eigenvalue weighted by Gasteiger charge is -2.58. The minimum atomic E-state index is -5.08. The molecule has 0 radical (unpaired) electrons. The second-order valence-electron chi connectivity index (χ2n) is 6.61. The van der Waals surface area contributed by atoms with E-state index in [1.807, 2.05) is 0 Å². The lowest BCUT2D eigenvalue weighted by atomic mass is 9.50. The van der Waals surface area contributed by atoms with Gasteiger partial charge in [0, 0.05) is 31.1 Å². The molecule has 3 N–H and O–H groups in total. The molecule has 7 nitrogen and oxygen atoms in total. The van der Waals surface area contributed by atoms with Crippen molar-refractivity contribution in [2.75, 3.05) is 25.2 Å². The summed E-state index contributed by atoms with van der Waals surface area (Å²) in [6.45, 7) is 0.654. The number of hydrogen-bond acceptors (Lipinski definition) is 6. The summed E-state index contributed by atoms with van der Waals surface area (Å²) in [7, 11) is 4.92. The fourth-order valence-electron chi connectivity index (χ4n) is 3.22. The maximum atomic E-state index is 12.0. The highest BCUT2D eigenvalue weighted by Gasteiger charge is 2.57. The first-order valence-electron chi connectivity index (χ1n) is 8.58. The number of hydrogen-bond donors (Lipinski definition) is 3. The van der Waals surface area contributed by atoms with Crippen LogP contribution < -0.4 is 5.32 Å². The van der Waals surface area contributed by atoms with Gasteiger partial charge >= 0.3 is 18.1 Å². The highest BCUT2D eigenvalue weighted by atomic mass is 33.1. The largest absolute Gasteiger partial charge is 0.490 e. The zero-order chi connectivity index (χ0) is 21.4. The summed E-state index contributed by atoms with van der Waals surface area (Å²) < 4.78 is 37.2. The molecule has 0 aromatic heterocycles. The number of carboxylic acids is 2. The highest BCUT2D eigenvalue weighted by Crippen LogP contribution is 2.59. The van der Waals surface area contributed by atoms with E-state index in [2.05, 4.69) is 5.32 Å². The van der Waals surface area contributed by atoms with E-state index in [1.165, 1.54) is 6.42 Å². The number of nitrogens with one attached hydrogen (secondary N) is 1. The quantitative estimate of drug-likeness (QED) is 0.365. The molecule has 0 bridgehead atoms. The van der Waals surface area contributed by atoms with Gasteiger partial charge in [-0.25, -0.2) is 4.79 Å². The van der Waals surface area contributed by atoms with Crippen molar-refractivity contribution in [3.8, 4) is 0 Å². The fraction of sp³-hybridized carbons (Fsp3) is 0.812. The van der Waals surface area contributed by atoms with Gasteiger partial charge in [0.1, 0.15) is 0 Å². The zero-order valence-electron chi connectivity index (χ0n) is 15.3. The molecular formula is C16H24F3NO6S2. The molecule has 0 saturated heterocycles. The Balaban J connectivity index is 0.000000480. The van der Waals surface area contributed by atoms with E-state index >= 15 is 0 Å². The number of carboxylic acid groups (broad SMARTS) is 2. The molecule has 2 aliphatic rings. The zero-order valence-corrected chi connectivity index (χ0v) is 16.9.